The van der Waals surface area contributed by atoms with Crippen LogP contribution in [0.25, 0.3) is 11.1 Å². The molecule has 1 fully saturated rings. The Labute approximate surface area is 160 Å². The van der Waals surface area contributed by atoms with Gasteiger partial charge in [0.05, 0.1) is 11.0 Å². The normalized spacial score (nSPS) is 17.3. The topological polar surface area (TPSA) is 109 Å². The van der Waals surface area contributed by atoms with Crippen LogP contribution in [0, 0.1) is 11.8 Å². The zero-order chi connectivity index (χ0) is 19.9. The van der Waals surface area contributed by atoms with Gasteiger partial charge in [-0.2, -0.15) is 4.31 Å². The van der Waals surface area contributed by atoms with Gasteiger partial charge in [-0.15, -0.1) is 0 Å². The summed E-state index contributed by atoms with van der Waals surface area (Å²) in [5, 5.41) is 6.50. The Kier molecular flexibility index (Phi) is 7.45. The molecule has 1 saturated heterocycles. The minimum absolute atomic E-state index is 0.0246. The van der Waals surface area contributed by atoms with Crippen LogP contribution in [0.4, 0.5) is 0 Å². The minimum Gasteiger partial charge on any atom is -0.377 e. The lowest BCUT2D eigenvalue weighted by Gasteiger charge is -2.18. The Morgan fingerprint density at radius 2 is 2.15 bits per heavy atom. The fraction of sp³-hybridized carbons (Fsp3) is 0.368. The van der Waals surface area contributed by atoms with Crippen molar-refractivity contribution in [3.8, 4) is 17.7 Å². The van der Waals surface area contributed by atoms with E-state index in [2.05, 4.69) is 11.6 Å². The van der Waals surface area contributed by atoms with E-state index in [9.17, 15) is 8.42 Å². The molecular weight excluding hydrogens is 364 g/mol. The van der Waals surface area contributed by atoms with Crippen molar-refractivity contribution in [2.75, 3.05) is 19.7 Å². The molecule has 8 heteroatoms. The van der Waals surface area contributed by atoms with Crippen LogP contribution in [-0.4, -0.2) is 43.5 Å². The first-order valence-electron chi connectivity index (χ1n) is 8.67. The first kappa shape index (κ1) is 21.0. The quantitative estimate of drug-likeness (QED) is 0.812. The van der Waals surface area contributed by atoms with Crippen LogP contribution in [0.3, 0.4) is 0 Å². The van der Waals surface area contributed by atoms with Crippen LogP contribution < -0.4 is 5.73 Å². The lowest BCUT2D eigenvalue weighted by Crippen LogP contribution is -2.30. The Morgan fingerprint density at radius 1 is 1.37 bits per heavy atom. The molecule has 1 aromatic carbocycles. The molecule has 1 unspecified atom stereocenters. The molecule has 3 rings (SSSR count). The van der Waals surface area contributed by atoms with Crippen LogP contribution in [-0.2, 0) is 21.3 Å². The number of nitrogens with two attached hydrogens (primary N) is 1. The maximum Gasteiger partial charge on any atom is 0.243 e. The van der Waals surface area contributed by atoms with E-state index in [-0.39, 0.29) is 17.5 Å². The molecule has 0 spiro atoms. The molecule has 27 heavy (non-hydrogen) atoms. The maximum absolute atomic E-state index is 12.9. The number of rotatable bonds is 6. The highest BCUT2D eigenvalue weighted by Gasteiger charge is 2.33. The van der Waals surface area contributed by atoms with E-state index in [0.29, 0.717) is 19.7 Å². The van der Waals surface area contributed by atoms with E-state index in [1.807, 2.05) is 25.1 Å². The third-order valence-electron chi connectivity index (χ3n) is 4.42. The predicted octanol–water partition coefficient (Wildman–Crippen LogP) is 2.15. The van der Waals surface area contributed by atoms with E-state index in [1.165, 1.54) is 4.31 Å². The average Bonchev–Trinajstić information content (AvgIpc) is 3.19. The third-order valence-corrected chi connectivity index (χ3v) is 6.28. The molecule has 7 nitrogen and oxygen atoms in total. The molecule has 1 aliphatic rings. The summed E-state index contributed by atoms with van der Waals surface area (Å²) >= 11 is 0. The van der Waals surface area contributed by atoms with Crippen molar-refractivity contribution in [1.29, 1.82) is 5.26 Å². The van der Waals surface area contributed by atoms with Crippen molar-refractivity contribution in [2.24, 2.45) is 5.73 Å². The molecule has 2 aromatic rings. The van der Waals surface area contributed by atoms with Crippen molar-refractivity contribution in [2.45, 2.75) is 30.9 Å². The number of hydrogen-bond donors (Lipinski definition) is 1. The van der Waals surface area contributed by atoms with Gasteiger partial charge >= 0.3 is 0 Å². The summed E-state index contributed by atoms with van der Waals surface area (Å²) in [6.07, 6.45) is 4.15. The highest BCUT2D eigenvalue weighted by atomic mass is 32.2. The molecule has 1 aliphatic heterocycles. The second kappa shape index (κ2) is 9.58. The number of nitriles is 1. The fourth-order valence-electron chi connectivity index (χ4n) is 3.14. The SMILES string of the molecule is C#N.CCOC1CCN(S(=O)(=O)c2ccc(-c3cccnc3)c(CN)c2)C1. The highest BCUT2D eigenvalue weighted by molar-refractivity contribution is 7.89. The van der Waals surface area contributed by atoms with Gasteiger partial charge in [0, 0.05) is 50.8 Å². The number of pyridine rings is 1. The van der Waals surface area contributed by atoms with Gasteiger partial charge in [-0.25, -0.2) is 13.7 Å². The summed E-state index contributed by atoms with van der Waals surface area (Å²) in [5.41, 5.74) is 8.48. The Morgan fingerprint density at radius 3 is 2.78 bits per heavy atom. The van der Waals surface area contributed by atoms with E-state index < -0.39 is 10.0 Å². The molecule has 1 atom stereocenters. The number of benzene rings is 1. The molecule has 0 radical (unpaired) electrons. The molecule has 0 amide bonds. The van der Waals surface area contributed by atoms with Gasteiger partial charge < -0.3 is 10.5 Å². The second-order valence-corrected chi connectivity index (χ2v) is 7.93. The summed E-state index contributed by atoms with van der Waals surface area (Å²) in [5.74, 6) is 0. The Hall–Kier alpha value is -2.31. The van der Waals surface area contributed by atoms with Crippen molar-refractivity contribution in [1.82, 2.24) is 9.29 Å². The molecular formula is C19H24N4O3S. The average molecular weight is 388 g/mol. The Bertz CT molecular complexity index is 869. The summed E-state index contributed by atoms with van der Waals surface area (Å²) in [6.45, 7) is 7.15. The van der Waals surface area contributed by atoms with Crippen molar-refractivity contribution >= 4 is 10.0 Å². The maximum atomic E-state index is 12.9. The van der Waals surface area contributed by atoms with Gasteiger partial charge in [0.2, 0.25) is 10.0 Å². The zero-order valence-electron chi connectivity index (χ0n) is 15.3. The van der Waals surface area contributed by atoms with Gasteiger partial charge in [-0.1, -0.05) is 12.1 Å². The lowest BCUT2D eigenvalue weighted by atomic mass is 10.0. The van der Waals surface area contributed by atoms with Gasteiger partial charge in [-0.05, 0) is 42.7 Å². The number of aromatic nitrogens is 1. The largest absolute Gasteiger partial charge is 0.377 e. The van der Waals surface area contributed by atoms with Crippen molar-refractivity contribution in [3.63, 3.8) is 0 Å². The van der Waals surface area contributed by atoms with Crippen LogP contribution in [0.1, 0.15) is 18.9 Å². The van der Waals surface area contributed by atoms with E-state index in [0.717, 1.165) is 23.1 Å². The molecule has 1 aromatic heterocycles. The monoisotopic (exact) mass is 388 g/mol. The fourth-order valence-corrected chi connectivity index (χ4v) is 4.68. The van der Waals surface area contributed by atoms with E-state index in [1.54, 1.807) is 24.5 Å². The highest BCUT2D eigenvalue weighted by Crippen LogP contribution is 2.28. The van der Waals surface area contributed by atoms with Gasteiger partial charge in [0.1, 0.15) is 0 Å². The smallest absolute Gasteiger partial charge is 0.243 e. The number of sulfonamides is 1. The third kappa shape index (κ3) is 4.70. The van der Waals surface area contributed by atoms with E-state index in [4.69, 9.17) is 15.7 Å². The first-order valence-corrected chi connectivity index (χ1v) is 10.1. The van der Waals surface area contributed by atoms with Crippen LogP contribution >= 0.6 is 0 Å². The molecule has 144 valence electrons. The Balaban J connectivity index is 0.00000126. The first-order chi connectivity index (χ1) is 13.1. The molecule has 2 heterocycles. The molecule has 0 aliphatic carbocycles. The number of ether oxygens (including phenoxy) is 1. The second-order valence-electron chi connectivity index (χ2n) is 5.99. The zero-order valence-corrected chi connectivity index (χ0v) is 16.1. The summed E-state index contributed by atoms with van der Waals surface area (Å²) < 4.78 is 32.9. The molecule has 2 N–H and O–H groups in total. The van der Waals surface area contributed by atoms with Gasteiger partial charge in [0.15, 0.2) is 0 Å². The predicted molar refractivity (Wildman–Crippen MR) is 103 cm³/mol. The summed E-state index contributed by atoms with van der Waals surface area (Å²) in [7, 11) is -3.54. The van der Waals surface area contributed by atoms with Gasteiger partial charge in [0.25, 0.3) is 0 Å². The standard InChI is InChI=1S/C18H23N3O3S.CHN/c1-2-24-16-7-9-21(13-16)25(22,23)17-5-6-18(15(10-17)11-19)14-4-3-8-20-12-14;1-2/h3-6,8,10,12,16H,2,7,9,11,13,19H2,1H3;1H. The van der Waals surface area contributed by atoms with Crippen LogP contribution in [0.15, 0.2) is 47.6 Å². The summed E-state index contributed by atoms with van der Waals surface area (Å²) in [4.78, 5) is 4.39. The molecule has 0 saturated carbocycles. The van der Waals surface area contributed by atoms with E-state index >= 15 is 0 Å². The number of hydrogen-bond acceptors (Lipinski definition) is 6. The number of nitrogens with zero attached hydrogens (tertiary/aromatic N) is 3. The van der Waals surface area contributed by atoms with Crippen molar-refractivity contribution in [3.05, 3.63) is 48.3 Å². The lowest BCUT2D eigenvalue weighted by molar-refractivity contribution is 0.0738. The van der Waals surface area contributed by atoms with Gasteiger partial charge in [-0.3, -0.25) is 4.98 Å². The van der Waals surface area contributed by atoms with Crippen molar-refractivity contribution < 1.29 is 13.2 Å². The molecule has 0 bridgehead atoms. The van der Waals surface area contributed by atoms with Crippen LogP contribution in [0.5, 0.6) is 0 Å². The minimum atomic E-state index is -3.54. The summed E-state index contributed by atoms with van der Waals surface area (Å²) in [6, 6.07) is 8.90. The van der Waals surface area contributed by atoms with Crippen LogP contribution in [0.2, 0.25) is 0 Å².